The second kappa shape index (κ2) is 6.15. The number of anilines is 1. The predicted molar refractivity (Wildman–Crippen MR) is 109 cm³/mol. The Morgan fingerprint density at radius 1 is 1.21 bits per heavy atom. The maximum Gasteiger partial charge on any atom is 0.259 e. The van der Waals surface area contributed by atoms with Crippen LogP contribution in [0.2, 0.25) is 0 Å². The van der Waals surface area contributed by atoms with Crippen molar-refractivity contribution in [2.24, 2.45) is 0 Å². The van der Waals surface area contributed by atoms with Crippen molar-refractivity contribution in [2.75, 3.05) is 5.73 Å². The van der Waals surface area contributed by atoms with Gasteiger partial charge in [-0.15, -0.1) is 0 Å². The second-order valence-electron chi connectivity index (χ2n) is 7.50. The standard InChI is InChI=1S/C21H22N6O/c1-3-16-18-19(22)23-11-24-20(18)26(25-16)10-15-9-13-6-4-5-12(2)17(13)21(28)27(15)14-7-8-14/h4-6,9,11,14H,3,7-8,10H2,1-2H3,(H2,22,23,24). The molecule has 3 heterocycles. The summed E-state index contributed by atoms with van der Waals surface area (Å²) < 4.78 is 3.81. The van der Waals surface area contributed by atoms with Gasteiger partial charge in [-0.1, -0.05) is 25.1 Å². The lowest BCUT2D eigenvalue weighted by atomic mass is 10.1. The zero-order valence-corrected chi connectivity index (χ0v) is 16.0. The zero-order valence-electron chi connectivity index (χ0n) is 16.0. The molecule has 0 atom stereocenters. The number of pyridine rings is 1. The van der Waals surface area contributed by atoms with Gasteiger partial charge in [0.1, 0.15) is 12.1 Å². The molecule has 0 spiro atoms. The van der Waals surface area contributed by atoms with Crippen molar-refractivity contribution < 1.29 is 0 Å². The monoisotopic (exact) mass is 374 g/mol. The lowest BCUT2D eigenvalue weighted by Crippen LogP contribution is -2.25. The van der Waals surface area contributed by atoms with Crippen molar-refractivity contribution in [1.29, 1.82) is 0 Å². The molecule has 0 aliphatic heterocycles. The second-order valence-corrected chi connectivity index (χ2v) is 7.50. The van der Waals surface area contributed by atoms with Crippen molar-refractivity contribution in [1.82, 2.24) is 24.3 Å². The Hall–Kier alpha value is -3.22. The number of nitrogen functional groups attached to an aromatic ring is 1. The summed E-state index contributed by atoms with van der Waals surface area (Å²) in [7, 11) is 0. The van der Waals surface area contributed by atoms with E-state index in [0.29, 0.717) is 18.0 Å². The summed E-state index contributed by atoms with van der Waals surface area (Å²) in [5.41, 5.74) is 9.74. The van der Waals surface area contributed by atoms with E-state index in [0.717, 1.165) is 52.4 Å². The van der Waals surface area contributed by atoms with Crippen LogP contribution in [0.5, 0.6) is 0 Å². The van der Waals surface area contributed by atoms with E-state index < -0.39 is 0 Å². The van der Waals surface area contributed by atoms with E-state index in [4.69, 9.17) is 10.8 Å². The number of benzene rings is 1. The third-order valence-corrected chi connectivity index (χ3v) is 5.56. The lowest BCUT2D eigenvalue weighted by Gasteiger charge is -2.15. The summed E-state index contributed by atoms with van der Waals surface area (Å²) >= 11 is 0. The number of aromatic nitrogens is 5. The van der Waals surface area contributed by atoms with Crippen molar-refractivity contribution in [3.63, 3.8) is 0 Å². The van der Waals surface area contributed by atoms with Gasteiger partial charge in [-0.25, -0.2) is 14.6 Å². The highest BCUT2D eigenvalue weighted by Gasteiger charge is 2.28. The normalized spacial score (nSPS) is 14.2. The largest absolute Gasteiger partial charge is 0.383 e. The first-order chi connectivity index (χ1) is 13.6. The van der Waals surface area contributed by atoms with Gasteiger partial charge in [0.15, 0.2) is 5.65 Å². The first-order valence-electron chi connectivity index (χ1n) is 9.68. The van der Waals surface area contributed by atoms with Crippen LogP contribution in [0.25, 0.3) is 21.8 Å². The van der Waals surface area contributed by atoms with Crippen LogP contribution in [0, 0.1) is 6.92 Å². The molecule has 2 N–H and O–H groups in total. The Morgan fingerprint density at radius 3 is 2.79 bits per heavy atom. The molecule has 0 amide bonds. The van der Waals surface area contributed by atoms with Gasteiger partial charge in [0.25, 0.3) is 5.56 Å². The Bertz CT molecular complexity index is 1280. The number of rotatable bonds is 4. The number of nitrogens with zero attached hydrogens (tertiary/aromatic N) is 5. The molecular formula is C21H22N6O. The van der Waals surface area contributed by atoms with Crippen molar-refractivity contribution in [3.8, 4) is 0 Å². The average Bonchev–Trinajstić information content (AvgIpc) is 3.44. The van der Waals surface area contributed by atoms with Gasteiger partial charge in [-0.3, -0.25) is 4.79 Å². The third-order valence-electron chi connectivity index (χ3n) is 5.56. The van der Waals surface area contributed by atoms with Crippen LogP contribution >= 0.6 is 0 Å². The topological polar surface area (TPSA) is 91.6 Å². The Balaban J connectivity index is 1.73. The quantitative estimate of drug-likeness (QED) is 0.593. The summed E-state index contributed by atoms with van der Waals surface area (Å²) in [4.78, 5) is 21.8. The van der Waals surface area contributed by atoms with E-state index in [9.17, 15) is 4.79 Å². The molecule has 7 nitrogen and oxygen atoms in total. The van der Waals surface area contributed by atoms with Crippen LogP contribution < -0.4 is 11.3 Å². The number of hydrogen-bond acceptors (Lipinski definition) is 5. The highest BCUT2D eigenvalue weighted by atomic mass is 16.1. The summed E-state index contributed by atoms with van der Waals surface area (Å²) in [5.74, 6) is 0.446. The molecule has 0 saturated heterocycles. The number of fused-ring (bicyclic) bond motifs is 2. The van der Waals surface area contributed by atoms with E-state index in [1.807, 2.05) is 41.3 Å². The molecule has 4 aromatic rings. The minimum absolute atomic E-state index is 0.0921. The Morgan fingerprint density at radius 2 is 2.04 bits per heavy atom. The van der Waals surface area contributed by atoms with Crippen molar-refractivity contribution in [3.05, 3.63) is 57.9 Å². The molecule has 7 heteroatoms. The molecule has 1 aliphatic rings. The highest BCUT2D eigenvalue weighted by Crippen LogP contribution is 2.36. The molecule has 1 saturated carbocycles. The summed E-state index contributed by atoms with van der Waals surface area (Å²) in [5, 5.41) is 7.32. The predicted octanol–water partition coefficient (Wildman–Crippen LogP) is 2.98. The van der Waals surface area contributed by atoms with Gasteiger partial charge >= 0.3 is 0 Å². The molecular weight excluding hydrogens is 352 g/mol. The minimum atomic E-state index is 0.0921. The minimum Gasteiger partial charge on any atom is -0.383 e. The average molecular weight is 374 g/mol. The van der Waals surface area contributed by atoms with E-state index in [2.05, 4.69) is 16.0 Å². The molecule has 1 fully saturated rings. The maximum absolute atomic E-state index is 13.3. The van der Waals surface area contributed by atoms with Gasteiger partial charge in [-0.05, 0) is 43.2 Å². The van der Waals surface area contributed by atoms with E-state index >= 15 is 0 Å². The first kappa shape index (κ1) is 16.9. The Kier molecular flexibility index (Phi) is 3.72. The van der Waals surface area contributed by atoms with Crippen molar-refractivity contribution >= 4 is 27.6 Å². The van der Waals surface area contributed by atoms with Gasteiger partial charge in [0, 0.05) is 11.7 Å². The molecule has 1 aromatic carbocycles. The Labute approximate surface area is 161 Å². The summed E-state index contributed by atoms with van der Waals surface area (Å²) in [6.45, 7) is 4.51. The summed E-state index contributed by atoms with van der Waals surface area (Å²) in [6, 6.07) is 8.39. The maximum atomic E-state index is 13.3. The van der Waals surface area contributed by atoms with Crippen LogP contribution in [0.15, 0.2) is 35.4 Å². The van der Waals surface area contributed by atoms with Crippen LogP contribution in [0.1, 0.15) is 42.8 Å². The van der Waals surface area contributed by atoms with Crippen LogP contribution in [-0.2, 0) is 13.0 Å². The summed E-state index contributed by atoms with van der Waals surface area (Å²) in [6.07, 6.45) is 4.29. The molecule has 28 heavy (non-hydrogen) atoms. The molecule has 5 rings (SSSR count). The lowest BCUT2D eigenvalue weighted by molar-refractivity contribution is 0.602. The van der Waals surface area contributed by atoms with E-state index in [-0.39, 0.29) is 11.6 Å². The molecule has 1 aliphatic carbocycles. The fourth-order valence-electron chi connectivity index (χ4n) is 4.07. The molecule has 142 valence electrons. The van der Waals surface area contributed by atoms with Gasteiger partial charge in [0.05, 0.1) is 23.0 Å². The SMILES string of the molecule is CCc1nn(Cc2cc3cccc(C)c3c(=O)n2C2CC2)c2ncnc(N)c12. The van der Waals surface area contributed by atoms with E-state index in [1.54, 1.807) is 0 Å². The van der Waals surface area contributed by atoms with Gasteiger partial charge in [-0.2, -0.15) is 5.10 Å². The van der Waals surface area contributed by atoms with E-state index in [1.165, 1.54) is 6.33 Å². The molecule has 0 unspecified atom stereocenters. The molecule has 0 bridgehead atoms. The smallest absolute Gasteiger partial charge is 0.259 e. The zero-order chi connectivity index (χ0) is 19.4. The number of nitrogens with two attached hydrogens (primary N) is 1. The third kappa shape index (κ3) is 2.50. The van der Waals surface area contributed by atoms with Gasteiger partial charge < -0.3 is 10.3 Å². The number of hydrogen-bond donors (Lipinski definition) is 1. The van der Waals surface area contributed by atoms with Crippen molar-refractivity contribution in [2.45, 2.75) is 45.7 Å². The molecule has 0 radical (unpaired) electrons. The fourth-order valence-corrected chi connectivity index (χ4v) is 4.07. The van der Waals surface area contributed by atoms with Crippen LogP contribution in [-0.4, -0.2) is 24.3 Å². The highest BCUT2D eigenvalue weighted by molar-refractivity contribution is 5.88. The van der Waals surface area contributed by atoms with Crippen LogP contribution in [0.4, 0.5) is 5.82 Å². The molecule has 3 aromatic heterocycles. The van der Waals surface area contributed by atoms with Gasteiger partial charge in [0.2, 0.25) is 0 Å². The number of aryl methyl sites for hydroxylation is 2. The first-order valence-corrected chi connectivity index (χ1v) is 9.68. The van der Waals surface area contributed by atoms with Crippen LogP contribution in [0.3, 0.4) is 0 Å². The fraction of sp³-hybridized carbons (Fsp3) is 0.333.